The zero-order valence-electron chi connectivity index (χ0n) is 8.87. The highest BCUT2D eigenvalue weighted by Gasteiger charge is 2.20. The van der Waals surface area contributed by atoms with Gasteiger partial charge < -0.3 is 9.88 Å². The van der Waals surface area contributed by atoms with Crippen LogP contribution in [0.15, 0.2) is 12.5 Å². The van der Waals surface area contributed by atoms with Crippen molar-refractivity contribution in [2.75, 3.05) is 0 Å². The third-order valence-corrected chi connectivity index (χ3v) is 2.61. The van der Waals surface area contributed by atoms with Gasteiger partial charge in [-0.15, -0.1) is 0 Å². The maximum absolute atomic E-state index is 4.37. The van der Waals surface area contributed by atoms with Crippen molar-refractivity contribution in [1.29, 1.82) is 0 Å². The molecule has 1 aliphatic carbocycles. The molecule has 1 aliphatic rings. The number of aromatic nitrogens is 2. The van der Waals surface area contributed by atoms with E-state index in [4.69, 9.17) is 0 Å². The van der Waals surface area contributed by atoms with Crippen LogP contribution in [0.5, 0.6) is 0 Å². The lowest BCUT2D eigenvalue weighted by Gasteiger charge is -1.99. The summed E-state index contributed by atoms with van der Waals surface area (Å²) < 4.78 is 2.19. The molecule has 0 unspecified atom stereocenters. The molecule has 0 bridgehead atoms. The molecule has 3 heteroatoms. The predicted octanol–water partition coefficient (Wildman–Crippen LogP) is 1.94. The quantitative estimate of drug-likeness (QED) is 0.748. The molecule has 0 aliphatic heterocycles. The smallest absolute Gasteiger partial charge is 0.0949 e. The molecule has 3 nitrogen and oxygen atoms in total. The van der Waals surface area contributed by atoms with E-state index in [1.807, 2.05) is 6.33 Å². The summed E-state index contributed by atoms with van der Waals surface area (Å²) in [6.45, 7) is 4.25. The van der Waals surface area contributed by atoms with Crippen molar-refractivity contribution in [3.8, 4) is 0 Å². The molecule has 0 radical (unpaired) electrons. The van der Waals surface area contributed by atoms with Crippen LogP contribution in [0.4, 0.5) is 0 Å². The van der Waals surface area contributed by atoms with E-state index in [-0.39, 0.29) is 0 Å². The van der Waals surface area contributed by atoms with Gasteiger partial charge in [0.1, 0.15) is 0 Å². The van der Waals surface area contributed by atoms with Crippen LogP contribution in [-0.2, 0) is 13.1 Å². The summed E-state index contributed by atoms with van der Waals surface area (Å²) in [6.07, 6.45) is 9.28. The highest BCUT2D eigenvalue weighted by molar-refractivity contribution is 4.97. The van der Waals surface area contributed by atoms with Crippen molar-refractivity contribution in [3.05, 3.63) is 18.2 Å². The monoisotopic (exact) mass is 193 g/mol. The topological polar surface area (TPSA) is 29.9 Å². The molecule has 1 aromatic heterocycles. The third kappa shape index (κ3) is 2.84. The van der Waals surface area contributed by atoms with E-state index in [1.54, 1.807) is 0 Å². The van der Waals surface area contributed by atoms with Gasteiger partial charge in [0.2, 0.25) is 0 Å². The number of nitrogens with one attached hydrogen (secondary N) is 1. The largest absolute Gasteiger partial charge is 0.337 e. The molecule has 14 heavy (non-hydrogen) atoms. The van der Waals surface area contributed by atoms with Gasteiger partial charge in [-0.1, -0.05) is 13.3 Å². The molecule has 1 saturated carbocycles. The van der Waals surface area contributed by atoms with Crippen LogP contribution in [0.1, 0.15) is 38.3 Å². The minimum absolute atomic E-state index is 0.774. The lowest BCUT2D eigenvalue weighted by molar-refractivity contribution is 0.629. The lowest BCUT2D eigenvalue weighted by atomic mass is 10.3. The minimum Gasteiger partial charge on any atom is -0.337 e. The lowest BCUT2D eigenvalue weighted by Crippen LogP contribution is -2.15. The van der Waals surface area contributed by atoms with E-state index in [9.17, 15) is 0 Å². The van der Waals surface area contributed by atoms with Gasteiger partial charge >= 0.3 is 0 Å². The van der Waals surface area contributed by atoms with Crippen LogP contribution >= 0.6 is 0 Å². The van der Waals surface area contributed by atoms with Crippen LogP contribution in [0.2, 0.25) is 0 Å². The van der Waals surface area contributed by atoms with E-state index in [2.05, 4.69) is 28.0 Å². The Morgan fingerprint density at radius 2 is 2.43 bits per heavy atom. The number of rotatable bonds is 6. The molecule has 1 N–H and O–H groups in total. The van der Waals surface area contributed by atoms with Crippen LogP contribution in [0.25, 0.3) is 0 Å². The molecule has 1 fully saturated rings. The van der Waals surface area contributed by atoms with E-state index >= 15 is 0 Å². The zero-order valence-corrected chi connectivity index (χ0v) is 8.87. The molecule has 0 amide bonds. The van der Waals surface area contributed by atoms with E-state index < -0.39 is 0 Å². The van der Waals surface area contributed by atoms with Crippen LogP contribution in [-0.4, -0.2) is 15.6 Å². The molecule has 0 spiro atoms. The Bertz CT molecular complexity index is 276. The Morgan fingerprint density at radius 1 is 1.57 bits per heavy atom. The maximum Gasteiger partial charge on any atom is 0.0949 e. The molecule has 78 valence electrons. The van der Waals surface area contributed by atoms with Gasteiger partial charge in [-0.3, -0.25) is 0 Å². The number of unbranched alkanes of at least 4 members (excludes halogenated alkanes) is 1. The zero-order chi connectivity index (χ0) is 9.80. The number of aryl methyl sites for hydroxylation is 1. The van der Waals surface area contributed by atoms with Crippen molar-refractivity contribution < 1.29 is 0 Å². The van der Waals surface area contributed by atoms with E-state index in [0.717, 1.165) is 19.1 Å². The standard InChI is InChI=1S/C11H19N3/c1-2-3-6-14-8-11(13-9-14)7-12-10-4-5-10/h8-10,12H,2-7H2,1H3. The summed E-state index contributed by atoms with van der Waals surface area (Å²) in [5.41, 5.74) is 1.17. The predicted molar refractivity (Wildman–Crippen MR) is 57.0 cm³/mol. The van der Waals surface area contributed by atoms with Gasteiger partial charge in [-0.05, 0) is 19.3 Å². The fourth-order valence-corrected chi connectivity index (χ4v) is 1.50. The second kappa shape index (κ2) is 4.60. The van der Waals surface area contributed by atoms with E-state index in [1.165, 1.54) is 31.4 Å². The van der Waals surface area contributed by atoms with Crippen molar-refractivity contribution in [1.82, 2.24) is 14.9 Å². The van der Waals surface area contributed by atoms with Crippen LogP contribution in [0, 0.1) is 0 Å². The second-order valence-corrected chi connectivity index (χ2v) is 4.11. The molecular formula is C11H19N3. The van der Waals surface area contributed by atoms with Crippen molar-refractivity contribution in [2.24, 2.45) is 0 Å². The average molecular weight is 193 g/mol. The highest BCUT2D eigenvalue weighted by Crippen LogP contribution is 2.18. The number of imidazole rings is 1. The second-order valence-electron chi connectivity index (χ2n) is 4.11. The first-order valence-electron chi connectivity index (χ1n) is 5.62. The summed E-state index contributed by atoms with van der Waals surface area (Å²) in [5, 5.41) is 3.47. The number of hydrogen-bond donors (Lipinski definition) is 1. The normalized spacial score (nSPS) is 16.1. The van der Waals surface area contributed by atoms with Crippen molar-refractivity contribution >= 4 is 0 Å². The first kappa shape index (κ1) is 9.71. The van der Waals surface area contributed by atoms with E-state index in [0.29, 0.717) is 0 Å². The van der Waals surface area contributed by atoms with Gasteiger partial charge in [-0.25, -0.2) is 4.98 Å². The molecule has 0 atom stereocenters. The molecular weight excluding hydrogens is 174 g/mol. The summed E-state index contributed by atoms with van der Waals surface area (Å²) in [7, 11) is 0. The number of hydrogen-bond acceptors (Lipinski definition) is 2. The van der Waals surface area contributed by atoms with Crippen LogP contribution < -0.4 is 5.32 Å². The Kier molecular flexibility index (Phi) is 3.19. The van der Waals surface area contributed by atoms with Crippen molar-refractivity contribution in [2.45, 2.75) is 51.7 Å². The highest BCUT2D eigenvalue weighted by atomic mass is 15.1. The summed E-state index contributed by atoms with van der Waals surface area (Å²) in [6, 6.07) is 0.774. The fraction of sp³-hybridized carbons (Fsp3) is 0.727. The first-order valence-corrected chi connectivity index (χ1v) is 5.62. The number of nitrogens with zero attached hydrogens (tertiary/aromatic N) is 2. The molecule has 0 saturated heterocycles. The Labute approximate surface area is 85.5 Å². The van der Waals surface area contributed by atoms with Gasteiger partial charge in [0.25, 0.3) is 0 Å². The summed E-state index contributed by atoms with van der Waals surface area (Å²) in [4.78, 5) is 4.37. The Balaban J connectivity index is 1.76. The molecule has 1 heterocycles. The Hall–Kier alpha value is -0.830. The van der Waals surface area contributed by atoms with Crippen LogP contribution in [0.3, 0.4) is 0 Å². The summed E-state index contributed by atoms with van der Waals surface area (Å²) in [5.74, 6) is 0. The van der Waals surface area contributed by atoms with Crippen molar-refractivity contribution in [3.63, 3.8) is 0 Å². The summed E-state index contributed by atoms with van der Waals surface area (Å²) >= 11 is 0. The Morgan fingerprint density at radius 3 is 3.14 bits per heavy atom. The third-order valence-electron chi connectivity index (χ3n) is 2.61. The minimum atomic E-state index is 0.774. The molecule has 2 rings (SSSR count). The van der Waals surface area contributed by atoms with Gasteiger partial charge in [-0.2, -0.15) is 0 Å². The van der Waals surface area contributed by atoms with Gasteiger partial charge in [0.15, 0.2) is 0 Å². The molecule has 1 aromatic rings. The molecule has 0 aromatic carbocycles. The van der Waals surface area contributed by atoms with Gasteiger partial charge in [0.05, 0.1) is 12.0 Å². The maximum atomic E-state index is 4.37. The van der Waals surface area contributed by atoms with Gasteiger partial charge in [0, 0.05) is 25.3 Å². The first-order chi connectivity index (χ1) is 6.88. The average Bonchev–Trinajstić information content (AvgIpc) is 2.92. The SMILES string of the molecule is CCCCn1cnc(CNC2CC2)c1. The fourth-order valence-electron chi connectivity index (χ4n) is 1.50.